The maximum absolute atomic E-state index is 12.8. The first-order chi connectivity index (χ1) is 15.4. The van der Waals surface area contributed by atoms with Gasteiger partial charge in [-0.1, -0.05) is 11.6 Å². The van der Waals surface area contributed by atoms with E-state index < -0.39 is 0 Å². The molecule has 0 bridgehead atoms. The third kappa shape index (κ3) is 4.55. The minimum absolute atomic E-state index is 0.142. The molecule has 0 saturated heterocycles. The van der Waals surface area contributed by atoms with Gasteiger partial charge in [0.2, 0.25) is 0 Å². The number of hydrogen-bond donors (Lipinski definition) is 3. The van der Waals surface area contributed by atoms with E-state index in [-0.39, 0.29) is 11.5 Å². The third-order valence-electron chi connectivity index (χ3n) is 4.79. The topological polar surface area (TPSA) is 101 Å². The lowest BCUT2D eigenvalue weighted by atomic mass is 10.1. The molecule has 0 radical (unpaired) electrons. The second-order valence-electron chi connectivity index (χ2n) is 7.10. The molecule has 0 unspecified atom stereocenters. The highest BCUT2D eigenvalue weighted by atomic mass is 35.5. The van der Waals surface area contributed by atoms with Gasteiger partial charge in [0.25, 0.3) is 11.5 Å². The minimum atomic E-state index is -0.177. The van der Waals surface area contributed by atoms with Gasteiger partial charge in [-0.05, 0) is 60.8 Å². The summed E-state index contributed by atoms with van der Waals surface area (Å²) in [6.07, 6.45) is 3.30. The monoisotopic (exact) mass is 448 g/mol. The van der Waals surface area contributed by atoms with E-state index >= 15 is 0 Å². The number of anilines is 4. The maximum Gasteiger partial charge on any atom is 0.261 e. The SMILES string of the molecule is CCNC(=O)c1ccc(Nc2nc(Nc3cc(Cl)ccn3)cc3ccn(C)c(=O)c23)cc1. The average Bonchev–Trinajstić information content (AvgIpc) is 2.77. The number of pyridine rings is 3. The standard InChI is InChI=1S/C23H21ClN6O2/c1-3-25-22(31)14-4-6-17(7-5-14)27-21-20-15(9-11-30(2)23(20)32)12-19(29-21)28-18-13-16(24)8-10-26-18/h4-13H,3H2,1-2H3,(H,25,31)(H2,26,27,28,29). The minimum Gasteiger partial charge on any atom is -0.352 e. The van der Waals surface area contributed by atoms with Gasteiger partial charge in [0.15, 0.2) is 0 Å². The van der Waals surface area contributed by atoms with Crippen LogP contribution >= 0.6 is 11.6 Å². The normalized spacial score (nSPS) is 10.7. The molecule has 4 rings (SSSR count). The fourth-order valence-corrected chi connectivity index (χ4v) is 3.38. The van der Waals surface area contributed by atoms with Gasteiger partial charge >= 0.3 is 0 Å². The zero-order valence-corrected chi connectivity index (χ0v) is 18.3. The van der Waals surface area contributed by atoms with E-state index in [0.717, 1.165) is 0 Å². The van der Waals surface area contributed by atoms with E-state index in [1.807, 2.05) is 13.0 Å². The first-order valence-electron chi connectivity index (χ1n) is 9.99. The number of hydrogen-bond acceptors (Lipinski definition) is 6. The number of nitrogens with one attached hydrogen (secondary N) is 3. The number of nitrogens with zero attached hydrogens (tertiary/aromatic N) is 3. The molecule has 3 aromatic heterocycles. The molecule has 1 aromatic carbocycles. The average molecular weight is 449 g/mol. The predicted molar refractivity (Wildman–Crippen MR) is 127 cm³/mol. The van der Waals surface area contributed by atoms with Crippen LogP contribution in [-0.4, -0.2) is 27.0 Å². The number of rotatable bonds is 6. The smallest absolute Gasteiger partial charge is 0.261 e. The Labute approximate surface area is 189 Å². The van der Waals surface area contributed by atoms with Crippen molar-refractivity contribution in [2.45, 2.75) is 6.92 Å². The molecule has 0 aliphatic rings. The number of amides is 1. The summed E-state index contributed by atoms with van der Waals surface area (Å²) in [5, 5.41) is 10.8. The molecule has 9 heteroatoms. The van der Waals surface area contributed by atoms with Gasteiger partial charge in [-0.15, -0.1) is 0 Å². The number of aromatic nitrogens is 3. The highest BCUT2D eigenvalue weighted by Gasteiger charge is 2.13. The third-order valence-corrected chi connectivity index (χ3v) is 5.02. The summed E-state index contributed by atoms with van der Waals surface area (Å²) >= 11 is 6.05. The summed E-state index contributed by atoms with van der Waals surface area (Å²) in [5.74, 6) is 1.28. The van der Waals surface area contributed by atoms with Crippen molar-refractivity contribution in [3.8, 4) is 0 Å². The van der Waals surface area contributed by atoms with Gasteiger partial charge in [0.05, 0.1) is 5.39 Å². The van der Waals surface area contributed by atoms with Crippen LogP contribution in [-0.2, 0) is 7.05 Å². The first kappa shape index (κ1) is 21.3. The van der Waals surface area contributed by atoms with E-state index in [4.69, 9.17) is 11.6 Å². The van der Waals surface area contributed by atoms with Crippen molar-refractivity contribution >= 4 is 51.4 Å². The predicted octanol–water partition coefficient (Wildman–Crippen LogP) is 4.22. The summed E-state index contributed by atoms with van der Waals surface area (Å²) in [6.45, 7) is 2.42. The molecule has 3 N–H and O–H groups in total. The first-order valence-corrected chi connectivity index (χ1v) is 10.4. The molecule has 0 fully saturated rings. The Balaban J connectivity index is 1.73. The van der Waals surface area contributed by atoms with Crippen LogP contribution in [0.15, 0.2) is 65.7 Å². The summed E-state index contributed by atoms with van der Waals surface area (Å²) in [7, 11) is 1.69. The molecule has 0 saturated carbocycles. The Morgan fingerprint density at radius 2 is 1.84 bits per heavy atom. The van der Waals surface area contributed by atoms with Gasteiger partial charge in [0.1, 0.15) is 17.5 Å². The molecular weight excluding hydrogens is 428 g/mol. The summed E-state index contributed by atoms with van der Waals surface area (Å²) in [5.41, 5.74) is 1.06. The van der Waals surface area contributed by atoms with E-state index in [0.29, 0.717) is 51.0 Å². The Morgan fingerprint density at radius 3 is 2.56 bits per heavy atom. The molecule has 3 heterocycles. The van der Waals surface area contributed by atoms with Crippen molar-refractivity contribution < 1.29 is 4.79 Å². The fraction of sp³-hybridized carbons (Fsp3) is 0.130. The number of carbonyl (C=O) groups excluding carboxylic acids is 1. The summed E-state index contributed by atoms with van der Waals surface area (Å²) in [6, 6.07) is 14.0. The Bertz CT molecular complexity index is 1350. The van der Waals surface area contributed by atoms with Gasteiger partial charge in [-0.3, -0.25) is 9.59 Å². The lowest BCUT2D eigenvalue weighted by Gasteiger charge is -2.13. The largest absolute Gasteiger partial charge is 0.352 e. The fourth-order valence-electron chi connectivity index (χ4n) is 3.22. The quantitative estimate of drug-likeness (QED) is 0.408. The Morgan fingerprint density at radius 1 is 1.06 bits per heavy atom. The molecule has 0 aliphatic carbocycles. The molecule has 4 aromatic rings. The van der Waals surface area contributed by atoms with Crippen LogP contribution in [0.5, 0.6) is 0 Å². The van der Waals surface area contributed by atoms with Crippen molar-refractivity contribution in [2.75, 3.05) is 17.2 Å². The molecule has 0 atom stereocenters. The van der Waals surface area contributed by atoms with Crippen LogP contribution in [0.3, 0.4) is 0 Å². The zero-order valence-electron chi connectivity index (χ0n) is 17.5. The number of aryl methyl sites for hydroxylation is 1. The number of halogens is 1. The molecule has 0 spiro atoms. The molecule has 0 aliphatic heterocycles. The number of fused-ring (bicyclic) bond motifs is 1. The van der Waals surface area contributed by atoms with Crippen molar-refractivity contribution in [1.82, 2.24) is 19.9 Å². The molecule has 162 valence electrons. The molecular formula is C23H21ClN6O2. The van der Waals surface area contributed by atoms with Crippen molar-refractivity contribution in [1.29, 1.82) is 0 Å². The van der Waals surface area contributed by atoms with Crippen molar-refractivity contribution in [2.24, 2.45) is 7.05 Å². The number of benzene rings is 1. The van der Waals surface area contributed by atoms with E-state index in [1.54, 1.807) is 61.9 Å². The van der Waals surface area contributed by atoms with E-state index in [2.05, 4.69) is 25.9 Å². The van der Waals surface area contributed by atoms with Crippen molar-refractivity contribution in [3.63, 3.8) is 0 Å². The molecule has 32 heavy (non-hydrogen) atoms. The lowest BCUT2D eigenvalue weighted by molar-refractivity contribution is 0.0956. The maximum atomic E-state index is 12.8. The van der Waals surface area contributed by atoms with Gasteiger partial charge < -0.3 is 20.5 Å². The molecule has 8 nitrogen and oxygen atoms in total. The summed E-state index contributed by atoms with van der Waals surface area (Å²) in [4.78, 5) is 33.7. The highest BCUT2D eigenvalue weighted by Crippen LogP contribution is 2.27. The van der Waals surface area contributed by atoms with E-state index in [1.165, 1.54) is 4.57 Å². The Hall–Kier alpha value is -3.91. The highest BCUT2D eigenvalue weighted by molar-refractivity contribution is 6.30. The second-order valence-corrected chi connectivity index (χ2v) is 7.53. The van der Waals surface area contributed by atoms with E-state index in [9.17, 15) is 9.59 Å². The van der Waals surface area contributed by atoms with Gasteiger partial charge in [-0.2, -0.15) is 0 Å². The molecule has 1 amide bonds. The van der Waals surface area contributed by atoms with Crippen molar-refractivity contribution in [3.05, 3.63) is 81.9 Å². The van der Waals surface area contributed by atoms with Gasteiger partial charge in [0, 0.05) is 42.3 Å². The van der Waals surface area contributed by atoms with Crippen LogP contribution in [0, 0.1) is 0 Å². The Kier molecular flexibility index (Phi) is 6.04. The zero-order chi connectivity index (χ0) is 22.7. The van der Waals surface area contributed by atoms with Crippen LogP contribution in [0.4, 0.5) is 23.1 Å². The number of carbonyl (C=O) groups is 1. The lowest BCUT2D eigenvalue weighted by Crippen LogP contribution is -2.22. The van der Waals surface area contributed by atoms with Crippen LogP contribution < -0.4 is 21.5 Å². The summed E-state index contributed by atoms with van der Waals surface area (Å²) < 4.78 is 1.50. The second kappa shape index (κ2) is 9.07. The van der Waals surface area contributed by atoms with Crippen LogP contribution in [0.25, 0.3) is 10.8 Å². The van der Waals surface area contributed by atoms with Gasteiger partial charge in [-0.25, -0.2) is 9.97 Å². The van der Waals surface area contributed by atoms with Crippen LogP contribution in [0.1, 0.15) is 17.3 Å². The van der Waals surface area contributed by atoms with Crippen LogP contribution in [0.2, 0.25) is 5.02 Å².